The summed E-state index contributed by atoms with van der Waals surface area (Å²) in [6.45, 7) is 0. The third-order valence-corrected chi connectivity index (χ3v) is 5.64. The van der Waals surface area contributed by atoms with E-state index in [0.29, 0.717) is 11.1 Å². The zero-order chi connectivity index (χ0) is 19.9. The molecule has 0 saturated heterocycles. The normalized spacial score (nSPS) is 13.5. The van der Waals surface area contributed by atoms with Crippen LogP contribution in [0.4, 0.5) is 11.5 Å². The van der Waals surface area contributed by atoms with Gasteiger partial charge in [-0.25, -0.2) is 13.3 Å². The van der Waals surface area contributed by atoms with Crippen LogP contribution in [0.2, 0.25) is 5.15 Å². The number of halogens is 1. The van der Waals surface area contributed by atoms with Crippen molar-refractivity contribution in [3.05, 3.63) is 76.9 Å². The van der Waals surface area contributed by atoms with E-state index in [9.17, 15) is 18.0 Å². The molecule has 1 N–H and O–H groups in total. The number of carbonyl (C=O) groups excluding carboxylic acids is 2. The largest absolute Gasteiger partial charge is 0.268 e. The van der Waals surface area contributed by atoms with Crippen LogP contribution in [0.25, 0.3) is 0 Å². The molecular formula is C18H11ClN4O4S. The zero-order valence-corrected chi connectivity index (χ0v) is 15.6. The van der Waals surface area contributed by atoms with Crippen molar-refractivity contribution in [1.82, 2.24) is 10.2 Å². The molecule has 1 aliphatic heterocycles. The Morgan fingerprint density at radius 1 is 0.821 bits per heavy atom. The van der Waals surface area contributed by atoms with Crippen molar-refractivity contribution in [2.75, 3.05) is 9.62 Å². The van der Waals surface area contributed by atoms with Gasteiger partial charge >= 0.3 is 0 Å². The molecule has 8 nitrogen and oxygen atoms in total. The number of fused-ring (bicyclic) bond motifs is 1. The number of benzene rings is 2. The number of nitrogens with zero attached hydrogens (tertiary/aromatic N) is 3. The maximum Gasteiger partial charge on any atom is 0.266 e. The molecule has 1 aliphatic rings. The smallest absolute Gasteiger partial charge is 0.266 e. The van der Waals surface area contributed by atoms with Gasteiger partial charge in [-0.15, -0.1) is 10.2 Å². The summed E-state index contributed by atoms with van der Waals surface area (Å²) < 4.78 is 27.2. The minimum atomic E-state index is -3.93. The Morgan fingerprint density at radius 3 is 1.96 bits per heavy atom. The number of nitrogens with one attached hydrogen (secondary N) is 1. The van der Waals surface area contributed by atoms with Gasteiger partial charge in [-0.3, -0.25) is 14.3 Å². The highest BCUT2D eigenvalue weighted by Crippen LogP contribution is 2.29. The first-order valence-electron chi connectivity index (χ1n) is 7.97. The van der Waals surface area contributed by atoms with E-state index in [0.717, 1.165) is 4.90 Å². The molecule has 0 saturated carbocycles. The molecule has 0 atom stereocenters. The molecule has 0 aliphatic carbocycles. The van der Waals surface area contributed by atoms with Crippen LogP contribution in [-0.2, 0) is 10.0 Å². The Hall–Kier alpha value is -3.30. The van der Waals surface area contributed by atoms with Gasteiger partial charge in [0.1, 0.15) is 0 Å². The highest BCUT2D eigenvalue weighted by Gasteiger charge is 2.36. The van der Waals surface area contributed by atoms with E-state index in [4.69, 9.17) is 11.6 Å². The standard InChI is InChI=1S/C18H11ClN4O4S/c19-15-9-10-16(21-20-15)22-28(26,27)12-7-5-11(6-8-12)23-17(24)13-3-1-2-4-14(13)18(23)25/h1-10H,(H,21,22). The van der Waals surface area contributed by atoms with E-state index >= 15 is 0 Å². The summed E-state index contributed by atoms with van der Waals surface area (Å²) in [4.78, 5) is 26.0. The molecule has 2 aromatic carbocycles. The molecule has 0 radical (unpaired) electrons. The summed E-state index contributed by atoms with van der Waals surface area (Å²) in [5, 5.41) is 7.34. The predicted molar refractivity (Wildman–Crippen MR) is 102 cm³/mol. The molecule has 10 heteroatoms. The molecule has 0 fully saturated rings. The van der Waals surface area contributed by atoms with Gasteiger partial charge < -0.3 is 0 Å². The monoisotopic (exact) mass is 414 g/mol. The van der Waals surface area contributed by atoms with Crippen molar-refractivity contribution in [3.8, 4) is 0 Å². The molecule has 2 heterocycles. The SMILES string of the molecule is O=C1c2ccccc2C(=O)N1c1ccc(S(=O)(=O)Nc2ccc(Cl)nn2)cc1. The van der Waals surface area contributed by atoms with Crippen LogP contribution in [0.1, 0.15) is 20.7 Å². The first-order chi connectivity index (χ1) is 13.4. The number of imide groups is 1. The Labute approximate surface area is 164 Å². The van der Waals surface area contributed by atoms with Gasteiger partial charge in [-0.05, 0) is 48.5 Å². The van der Waals surface area contributed by atoms with Crippen molar-refractivity contribution in [1.29, 1.82) is 0 Å². The van der Waals surface area contributed by atoms with Crippen LogP contribution >= 0.6 is 11.6 Å². The average molecular weight is 415 g/mol. The van der Waals surface area contributed by atoms with Gasteiger partial charge in [-0.1, -0.05) is 23.7 Å². The first-order valence-corrected chi connectivity index (χ1v) is 9.83. The van der Waals surface area contributed by atoms with E-state index in [1.54, 1.807) is 24.3 Å². The summed E-state index contributed by atoms with van der Waals surface area (Å²) >= 11 is 5.63. The maximum absolute atomic E-state index is 12.5. The molecule has 4 rings (SSSR count). The lowest BCUT2D eigenvalue weighted by Gasteiger charge is -2.14. The number of hydrogen-bond donors (Lipinski definition) is 1. The fourth-order valence-electron chi connectivity index (χ4n) is 2.77. The number of anilines is 2. The Morgan fingerprint density at radius 2 is 1.43 bits per heavy atom. The summed E-state index contributed by atoms with van der Waals surface area (Å²) in [5.74, 6) is -0.898. The topological polar surface area (TPSA) is 109 Å². The average Bonchev–Trinajstić information content (AvgIpc) is 2.95. The van der Waals surface area contributed by atoms with Crippen molar-refractivity contribution in [2.24, 2.45) is 0 Å². The molecule has 1 aromatic heterocycles. The minimum Gasteiger partial charge on any atom is -0.268 e. The second kappa shape index (κ2) is 6.70. The summed E-state index contributed by atoms with van der Waals surface area (Å²) in [6, 6.07) is 14.7. The van der Waals surface area contributed by atoms with Crippen LogP contribution in [0.3, 0.4) is 0 Å². The fourth-order valence-corrected chi connectivity index (χ4v) is 3.86. The molecule has 3 aromatic rings. The third-order valence-electron chi connectivity index (χ3n) is 4.07. The molecular weight excluding hydrogens is 404 g/mol. The Bertz CT molecular complexity index is 1160. The number of rotatable bonds is 4. The van der Waals surface area contributed by atoms with E-state index in [1.165, 1.54) is 36.4 Å². The number of sulfonamides is 1. The van der Waals surface area contributed by atoms with Gasteiger partial charge in [0, 0.05) is 0 Å². The summed E-state index contributed by atoms with van der Waals surface area (Å²) in [7, 11) is -3.93. The van der Waals surface area contributed by atoms with Crippen molar-refractivity contribution < 1.29 is 18.0 Å². The highest BCUT2D eigenvalue weighted by molar-refractivity contribution is 7.92. The molecule has 28 heavy (non-hydrogen) atoms. The lowest BCUT2D eigenvalue weighted by atomic mass is 10.1. The lowest BCUT2D eigenvalue weighted by Crippen LogP contribution is -2.29. The third kappa shape index (κ3) is 3.10. The lowest BCUT2D eigenvalue weighted by molar-refractivity contribution is 0.0926. The van der Waals surface area contributed by atoms with Crippen molar-refractivity contribution in [2.45, 2.75) is 4.90 Å². The highest BCUT2D eigenvalue weighted by atomic mass is 35.5. The zero-order valence-electron chi connectivity index (χ0n) is 14.0. The summed E-state index contributed by atoms with van der Waals surface area (Å²) in [6.07, 6.45) is 0. The van der Waals surface area contributed by atoms with E-state index < -0.39 is 21.8 Å². The number of amides is 2. The van der Waals surface area contributed by atoms with Crippen LogP contribution in [0.15, 0.2) is 65.6 Å². The van der Waals surface area contributed by atoms with Crippen molar-refractivity contribution >= 4 is 44.9 Å². The Balaban J connectivity index is 1.60. The maximum atomic E-state index is 12.5. The van der Waals surface area contributed by atoms with Gasteiger partial charge in [-0.2, -0.15) is 0 Å². The van der Waals surface area contributed by atoms with Crippen LogP contribution in [0.5, 0.6) is 0 Å². The molecule has 2 amide bonds. The van der Waals surface area contributed by atoms with E-state index in [1.807, 2.05) is 0 Å². The fraction of sp³-hybridized carbons (Fsp3) is 0. The molecule has 0 bridgehead atoms. The van der Waals surface area contributed by atoms with Crippen LogP contribution < -0.4 is 9.62 Å². The molecule has 0 spiro atoms. The quantitative estimate of drug-likeness (QED) is 0.657. The first kappa shape index (κ1) is 18.1. The van der Waals surface area contributed by atoms with E-state index in [2.05, 4.69) is 14.9 Å². The Kier molecular flexibility index (Phi) is 4.33. The second-order valence-corrected chi connectivity index (χ2v) is 7.90. The molecule has 140 valence electrons. The van der Waals surface area contributed by atoms with Gasteiger partial charge in [0.05, 0.1) is 21.7 Å². The van der Waals surface area contributed by atoms with Crippen molar-refractivity contribution in [3.63, 3.8) is 0 Å². The van der Waals surface area contributed by atoms with Gasteiger partial charge in [0.25, 0.3) is 21.8 Å². The van der Waals surface area contributed by atoms with Crippen LogP contribution in [0, 0.1) is 0 Å². The van der Waals surface area contributed by atoms with Crippen LogP contribution in [-0.4, -0.2) is 30.4 Å². The van der Waals surface area contributed by atoms with E-state index in [-0.39, 0.29) is 21.6 Å². The summed E-state index contributed by atoms with van der Waals surface area (Å²) in [5.41, 5.74) is 0.899. The number of aromatic nitrogens is 2. The number of carbonyl (C=O) groups is 2. The second-order valence-electron chi connectivity index (χ2n) is 5.83. The minimum absolute atomic E-state index is 0.00817. The molecule has 0 unspecified atom stereocenters. The van der Waals surface area contributed by atoms with Gasteiger partial charge in [0.15, 0.2) is 11.0 Å². The van der Waals surface area contributed by atoms with Gasteiger partial charge in [0.2, 0.25) is 0 Å². The predicted octanol–water partition coefficient (Wildman–Crippen LogP) is 2.73. The number of hydrogen-bond acceptors (Lipinski definition) is 6.